The van der Waals surface area contributed by atoms with Crippen LogP contribution >= 0.6 is 24.0 Å². The van der Waals surface area contributed by atoms with E-state index in [1.807, 2.05) is 0 Å². The summed E-state index contributed by atoms with van der Waals surface area (Å²) in [7, 11) is -1.00. The van der Waals surface area contributed by atoms with E-state index in [4.69, 9.17) is 23.7 Å². The summed E-state index contributed by atoms with van der Waals surface area (Å²) < 4.78 is 19.2. The number of aromatic carboxylic acids is 1. The van der Waals surface area contributed by atoms with Gasteiger partial charge in [0, 0.05) is 71.2 Å². The first kappa shape index (κ1) is 83.9. The Morgan fingerprint density at radius 3 is 1.14 bits per heavy atom. The number of non-ortho nitro benzene ring substituents is 2. The fourth-order valence-electron chi connectivity index (χ4n) is 9.77. The monoisotopic (exact) mass is 1520 g/mol. The van der Waals surface area contributed by atoms with Crippen molar-refractivity contribution >= 4 is 144 Å². The number of halogens is 3. The van der Waals surface area contributed by atoms with Crippen molar-refractivity contribution in [1.82, 2.24) is 49.9 Å². The molecule has 0 saturated carbocycles. The van der Waals surface area contributed by atoms with Crippen molar-refractivity contribution in [1.29, 1.82) is 0 Å². The fourth-order valence-corrected chi connectivity index (χ4v) is 9.77. The van der Waals surface area contributed by atoms with Crippen molar-refractivity contribution in [2.75, 3.05) is 18.6 Å². The molecule has 4 aromatic carbocycles. The largest absolute Gasteiger partial charge is 0.478 e. The van der Waals surface area contributed by atoms with Gasteiger partial charge in [-0.25, -0.2) is 19.7 Å². The number of rotatable bonds is 7. The molecule has 534 valence electrons. The van der Waals surface area contributed by atoms with E-state index in [0.717, 1.165) is 6.07 Å². The first-order chi connectivity index (χ1) is 45.2. The molecule has 7 heterocycles. The Morgan fingerprint density at radius 1 is 0.556 bits per heavy atom. The number of amides is 8. The zero-order valence-corrected chi connectivity index (χ0v) is 55.2. The predicted molar refractivity (Wildman–Crippen MR) is 347 cm³/mol. The normalized spacial score (nSPS) is 16.6. The van der Waals surface area contributed by atoms with Crippen molar-refractivity contribution in [3.8, 4) is 0 Å². The van der Waals surface area contributed by atoms with Gasteiger partial charge >= 0.3 is 5.97 Å². The molecule has 4 aliphatic rings. The van der Waals surface area contributed by atoms with Gasteiger partial charge in [-0.05, 0) is 88.4 Å². The first-order valence-corrected chi connectivity index (χ1v) is 28.0. The number of nitro groups is 3. The molecule has 4 unspecified atom stereocenters. The van der Waals surface area contributed by atoms with Gasteiger partial charge in [-0.2, -0.15) is 0 Å². The van der Waals surface area contributed by atoms with Crippen LogP contribution in [-0.4, -0.2) is 131 Å². The molecule has 4 aliphatic heterocycles. The molecule has 42 heteroatoms. The summed E-state index contributed by atoms with van der Waals surface area (Å²) in [5.41, 5.74) is 14.3. The van der Waals surface area contributed by atoms with Crippen molar-refractivity contribution < 1.29 is 105 Å². The second kappa shape index (κ2) is 38.0. The van der Waals surface area contributed by atoms with Gasteiger partial charge in [0.2, 0.25) is 52.5 Å². The molecule has 0 spiro atoms. The quantitative estimate of drug-likeness (QED) is 0.0277. The Kier molecular flexibility index (Phi) is 32.2. The van der Waals surface area contributed by atoms with E-state index in [1.54, 1.807) is 25.1 Å². The van der Waals surface area contributed by atoms with Crippen LogP contribution in [0.4, 0.5) is 32.8 Å². The first-order valence-electron chi connectivity index (χ1n) is 28.4. The van der Waals surface area contributed by atoms with Crippen LogP contribution in [0.15, 0.2) is 87.2 Å². The minimum absolute atomic E-state index is 0. The number of carboxylic acids is 1. The van der Waals surface area contributed by atoms with Gasteiger partial charge in [0.1, 0.15) is 46.8 Å². The van der Waals surface area contributed by atoms with Crippen LogP contribution < -0.4 is 55.1 Å². The SMILES string of the molecule is CC(=O)Cl.Cc1nc2c(N)cccc2c(=O)n1C1CCC(=O)NC1=O.Cc1nc2c([N+](=O)[O-])cccc2c(=O)n1C1CCC(=O)NC1=O.Cc1nc2c([N+](=O)[O-])cccc2c(=O)n1C1CCC(=O)NC1=O.Cl.NC1CCC(=O)NC1=O.Nc1c(C(=O)O)cccc1[N+](=O)[O-].O.O.[2H]CF.[Pd]. The zero-order valence-electron chi connectivity index (χ0n) is 53.0. The van der Waals surface area contributed by atoms with Gasteiger partial charge in [0.15, 0.2) is 11.0 Å². The minimum Gasteiger partial charge on any atom is -0.478 e. The van der Waals surface area contributed by atoms with Crippen LogP contribution in [0.1, 0.15) is 106 Å². The second-order valence-corrected chi connectivity index (χ2v) is 20.9. The Balaban J connectivity index is 0.000000620. The molecule has 4 saturated heterocycles. The van der Waals surface area contributed by atoms with E-state index in [2.05, 4.69) is 47.8 Å². The standard InChI is InChI=1S/2C14H12N4O5.C14H14N4O3.C7H6N2O4.C5H8N2O2.C2H3ClO.CH3F.ClH.2H2O.Pd/c2*1-7-15-12-8(3-2-4-9(12)18(22)23)14(21)17(7)10-5-6-11(19)16-13(10)20;1-7-16-12-8(3-2-4-9(12)15)14(21)18(7)10-5-6-11(19)17-13(10)20;8-6-4(7(10)11)2-1-3-5(6)9(12)13;6-3-1-2-4(8)7-5(3)9;1-2(3)4;1-2;;;;/h2*2-4,10H,5-6H2,1H3,(H,16,19,20);2-4,10H,5-6,15H2,1H3,(H,17,19,20);1-3H,8H2,(H,10,11);3H,1-2,6H2,(H,7,8,9);1H3;1H3;1H;2*1H2;/i;;;;;;1D;;;;. The molecule has 4 atom stereocenters. The van der Waals surface area contributed by atoms with Gasteiger partial charge in [-0.1, -0.05) is 24.3 Å². The van der Waals surface area contributed by atoms with Crippen LogP contribution in [0.3, 0.4) is 0 Å². The van der Waals surface area contributed by atoms with E-state index in [-0.39, 0.29) is 178 Å². The average molecular weight is 1520 g/mol. The Morgan fingerprint density at radius 2 is 0.838 bits per heavy atom. The molecule has 4 fully saturated rings. The van der Waals surface area contributed by atoms with Gasteiger partial charge in [0.25, 0.3) is 33.7 Å². The number of nitrogens with zero attached hydrogens (tertiary/aromatic N) is 9. The number of piperidine rings is 4. The Bertz CT molecular complexity index is 4380. The number of hydrogen-bond donors (Lipinski definition) is 8. The van der Waals surface area contributed by atoms with Gasteiger partial charge in [-0.15, -0.1) is 12.4 Å². The van der Waals surface area contributed by atoms with E-state index < -0.39 is 80.9 Å². The number of nitro benzene ring substituents is 3. The molecular formula is C57H63Cl2FN16O22Pd. The van der Waals surface area contributed by atoms with E-state index >= 15 is 0 Å². The molecule has 0 radical (unpaired) electrons. The summed E-state index contributed by atoms with van der Waals surface area (Å²) in [6.45, 7) is 5.95. The summed E-state index contributed by atoms with van der Waals surface area (Å²) in [6, 6.07) is 13.9. The molecule has 0 bridgehead atoms. The van der Waals surface area contributed by atoms with E-state index in [9.17, 15) is 97.1 Å². The number of aromatic nitrogens is 6. The fraction of sp³-hybridized carbons (Fsp3) is 0.298. The maximum absolute atomic E-state index is 12.7. The van der Waals surface area contributed by atoms with Crippen LogP contribution in [0.25, 0.3) is 32.7 Å². The Labute approximate surface area is 580 Å². The molecule has 38 nitrogen and oxygen atoms in total. The number of nitrogen functional groups attached to an aromatic ring is 2. The van der Waals surface area contributed by atoms with Crippen LogP contribution in [0.2, 0.25) is 0 Å². The number of carbonyl (C=O) groups excluding carboxylic acids is 9. The summed E-state index contributed by atoms with van der Waals surface area (Å²) >= 11 is 4.64. The maximum atomic E-state index is 12.7. The number of aryl methyl sites for hydroxylation is 3. The van der Waals surface area contributed by atoms with Crippen molar-refractivity contribution in [3.05, 3.63) is 157 Å². The summed E-state index contributed by atoms with van der Waals surface area (Å²) in [5.74, 6) is -3.79. The minimum atomic E-state index is -1.28. The number of imide groups is 4. The number of para-hydroxylation sites is 4. The Hall–Kier alpha value is -11.1. The third-order valence-corrected chi connectivity index (χ3v) is 14.1. The second-order valence-electron chi connectivity index (χ2n) is 20.3. The molecule has 15 N–H and O–H groups in total. The number of carboxylic acid groups (broad SMARTS) is 1. The number of fused-ring (bicyclic) bond motifs is 3. The van der Waals surface area contributed by atoms with Crippen molar-refractivity contribution in [3.63, 3.8) is 0 Å². The molecule has 11 rings (SSSR count). The molecule has 3 aromatic heterocycles. The summed E-state index contributed by atoms with van der Waals surface area (Å²) in [5, 5.41) is 49.9. The van der Waals surface area contributed by atoms with Crippen molar-refractivity contribution in [2.24, 2.45) is 5.73 Å². The molecule has 99 heavy (non-hydrogen) atoms. The molecule has 8 amide bonds. The average Bonchev–Trinajstić information content (AvgIpc) is 0.777. The number of anilines is 2. The van der Waals surface area contributed by atoms with Crippen LogP contribution in [0, 0.1) is 51.1 Å². The third kappa shape index (κ3) is 20.9. The maximum Gasteiger partial charge on any atom is 0.338 e. The van der Waals surface area contributed by atoms with Crippen LogP contribution in [0.5, 0.6) is 0 Å². The van der Waals surface area contributed by atoms with E-state index in [0.29, 0.717) is 41.7 Å². The number of hydrogen-bond acceptors (Lipinski definition) is 25. The molecular weight excluding hydrogens is 1460 g/mol. The number of nitrogens with one attached hydrogen (secondary N) is 4. The van der Waals surface area contributed by atoms with Gasteiger partial charge in [0.05, 0.1) is 56.7 Å². The van der Waals surface area contributed by atoms with Gasteiger partial charge < -0.3 is 33.3 Å². The number of nitrogens with two attached hydrogens (primary N) is 3. The third-order valence-electron chi connectivity index (χ3n) is 14.1. The summed E-state index contributed by atoms with van der Waals surface area (Å²) in [6.07, 6.45) is 1.96. The number of alkyl halides is 1. The van der Waals surface area contributed by atoms with Crippen molar-refractivity contribution in [2.45, 2.75) is 103 Å². The molecule has 7 aromatic rings. The van der Waals surface area contributed by atoms with Gasteiger partial charge in [-0.3, -0.25) is 127 Å². The smallest absolute Gasteiger partial charge is 0.338 e. The predicted octanol–water partition coefficient (Wildman–Crippen LogP) is 1.20. The van der Waals surface area contributed by atoms with E-state index in [1.165, 1.54) is 83.0 Å². The topological polar surface area (TPSA) is 614 Å². The number of carbonyl (C=O) groups is 10. The number of benzene rings is 4. The van der Waals surface area contributed by atoms with Crippen LogP contribution in [-0.2, 0) is 63.6 Å². The zero-order chi connectivity index (χ0) is 71.7. The molecule has 0 aliphatic carbocycles. The summed E-state index contributed by atoms with van der Waals surface area (Å²) in [4.78, 5) is 192.